The summed E-state index contributed by atoms with van der Waals surface area (Å²) in [5.74, 6) is 0.750. The second kappa shape index (κ2) is 6.44. The zero-order valence-corrected chi connectivity index (χ0v) is 15.8. The SMILES string of the molecule is CC(C)(C)C(=O)N1CC[C@@H](c2ccnc3ncc(-c4ccc(F)cc4)n23)C1. The van der Waals surface area contributed by atoms with Gasteiger partial charge in [0.05, 0.1) is 11.9 Å². The highest BCUT2D eigenvalue weighted by Crippen LogP contribution is 2.32. The highest BCUT2D eigenvalue weighted by Gasteiger charge is 2.34. The van der Waals surface area contributed by atoms with Crippen molar-refractivity contribution in [3.05, 3.63) is 54.2 Å². The number of fused-ring (bicyclic) bond motifs is 1. The quantitative estimate of drug-likeness (QED) is 0.691. The van der Waals surface area contributed by atoms with E-state index in [4.69, 9.17) is 0 Å². The van der Waals surface area contributed by atoms with Crippen LogP contribution in [0.15, 0.2) is 42.7 Å². The Kier molecular flexibility index (Phi) is 4.21. The van der Waals surface area contributed by atoms with Crippen LogP contribution in [0.4, 0.5) is 4.39 Å². The van der Waals surface area contributed by atoms with Gasteiger partial charge in [-0.1, -0.05) is 20.8 Å². The minimum Gasteiger partial charge on any atom is -0.342 e. The lowest BCUT2D eigenvalue weighted by Gasteiger charge is -2.25. The van der Waals surface area contributed by atoms with Crippen LogP contribution in [-0.2, 0) is 4.79 Å². The predicted molar refractivity (Wildman–Crippen MR) is 102 cm³/mol. The lowest BCUT2D eigenvalue weighted by molar-refractivity contribution is -0.138. The van der Waals surface area contributed by atoms with Gasteiger partial charge in [0.15, 0.2) is 0 Å². The maximum absolute atomic E-state index is 13.3. The van der Waals surface area contributed by atoms with E-state index < -0.39 is 0 Å². The van der Waals surface area contributed by atoms with Gasteiger partial charge in [-0.2, -0.15) is 0 Å². The fourth-order valence-electron chi connectivity index (χ4n) is 3.75. The molecule has 1 atom stereocenters. The van der Waals surface area contributed by atoms with Crippen LogP contribution < -0.4 is 0 Å². The second-order valence-corrected chi connectivity index (χ2v) is 8.14. The van der Waals surface area contributed by atoms with Crippen LogP contribution in [0.1, 0.15) is 38.8 Å². The molecule has 1 fully saturated rings. The molecule has 3 aromatic rings. The molecule has 0 radical (unpaired) electrons. The third-order valence-corrected chi connectivity index (χ3v) is 5.11. The van der Waals surface area contributed by atoms with Crippen molar-refractivity contribution >= 4 is 11.7 Å². The van der Waals surface area contributed by atoms with Crippen LogP contribution in [0.3, 0.4) is 0 Å². The summed E-state index contributed by atoms with van der Waals surface area (Å²) >= 11 is 0. The Morgan fingerprint density at radius 1 is 1.15 bits per heavy atom. The van der Waals surface area contributed by atoms with Gasteiger partial charge in [-0.25, -0.2) is 14.4 Å². The Bertz CT molecular complexity index is 988. The van der Waals surface area contributed by atoms with Gasteiger partial charge in [0.2, 0.25) is 11.7 Å². The molecule has 0 N–H and O–H groups in total. The van der Waals surface area contributed by atoms with E-state index in [1.807, 2.05) is 36.1 Å². The number of imidazole rings is 1. The first kappa shape index (κ1) is 17.6. The van der Waals surface area contributed by atoms with E-state index in [9.17, 15) is 9.18 Å². The zero-order chi connectivity index (χ0) is 19.2. The molecule has 1 aliphatic rings. The molecule has 27 heavy (non-hydrogen) atoms. The number of carbonyl (C=O) groups excluding carboxylic acids is 1. The van der Waals surface area contributed by atoms with Gasteiger partial charge >= 0.3 is 0 Å². The van der Waals surface area contributed by atoms with Crippen LogP contribution in [-0.4, -0.2) is 38.3 Å². The summed E-state index contributed by atoms with van der Waals surface area (Å²) in [6.07, 6.45) is 4.44. The number of rotatable bonds is 2. The van der Waals surface area contributed by atoms with Crippen molar-refractivity contribution in [2.24, 2.45) is 5.41 Å². The predicted octanol–water partition coefficient (Wildman–Crippen LogP) is 3.90. The minimum absolute atomic E-state index is 0.180. The molecule has 5 nitrogen and oxygen atoms in total. The molecule has 1 aromatic carbocycles. The third kappa shape index (κ3) is 3.20. The van der Waals surface area contributed by atoms with E-state index in [0.29, 0.717) is 12.3 Å². The first-order valence-corrected chi connectivity index (χ1v) is 9.22. The molecule has 6 heteroatoms. The number of likely N-dealkylation sites (tertiary alicyclic amines) is 1. The molecule has 1 saturated heterocycles. The smallest absolute Gasteiger partial charge is 0.234 e. The van der Waals surface area contributed by atoms with Crippen molar-refractivity contribution in [1.29, 1.82) is 0 Å². The highest BCUT2D eigenvalue weighted by molar-refractivity contribution is 5.81. The molecule has 140 valence electrons. The summed E-state index contributed by atoms with van der Waals surface area (Å²) in [5.41, 5.74) is 2.48. The number of amides is 1. The lowest BCUT2D eigenvalue weighted by Crippen LogP contribution is -2.37. The van der Waals surface area contributed by atoms with E-state index in [-0.39, 0.29) is 23.1 Å². The number of halogens is 1. The number of hydrogen-bond donors (Lipinski definition) is 0. The molecule has 1 amide bonds. The Labute approximate surface area is 157 Å². The number of hydrogen-bond acceptors (Lipinski definition) is 3. The fourth-order valence-corrected chi connectivity index (χ4v) is 3.75. The van der Waals surface area contributed by atoms with Gasteiger partial charge < -0.3 is 4.90 Å². The average molecular weight is 366 g/mol. The van der Waals surface area contributed by atoms with Crippen molar-refractivity contribution in [3.63, 3.8) is 0 Å². The molecule has 0 saturated carbocycles. The maximum Gasteiger partial charge on any atom is 0.234 e. The summed E-state index contributed by atoms with van der Waals surface area (Å²) < 4.78 is 15.3. The molecular formula is C21H23FN4O. The van der Waals surface area contributed by atoms with Crippen LogP contribution in [0.5, 0.6) is 0 Å². The Balaban J connectivity index is 1.72. The van der Waals surface area contributed by atoms with Gasteiger partial charge in [0.1, 0.15) is 5.82 Å². The summed E-state index contributed by atoms with van der Waals surface area (Å²) in [6.45, 7) is 7.31. The van der Waals surface area contributed by atoms with Crippen molar-refractivity contribution in [2.75, 3.05) is 13.1 Å². The minimum atomic E-state index is -0.378. The number of nitrogens with zero attached hydrogens (tertiary/aromatic N) is 4. The molecule has 0 aliphatic carbocycles. The normalized spacial score (nSPS) is 17.6. The molecule has 0 unspecified atom stereocenters. The monoisotopic (exact) mass is 366 g/mol. The molecule has 0 spiro atoms. The number of benzene rings is 1. The van der Waals surface area contributed by atoms with E-state index in [1.54, 1.807) is 24.5 Å². The van der Waals surface area contributed by atoms with Crippen LogP contribution in [0.25, 0.3) is 17.0 Å². The summed E-state index contributed by atoms with van der Waals surface area (Å²) in [7, 11) is 0. The van der Waals surface area contributed by atoms with Gasteiger partial charge in [-0.3, -0.25) is 9.20 Å². The molecular weight excluding hydrogens is 343 g/mol. The van der Waals surface area contributed by atoms with E-state index in [0.717, 1.165) is 29.9 Å². The standard InChI is InChI=1S/C21H23FN4O/c1-21(2,3)19(27)25-11-9-15(13-25)17-8-10-23-20-24-12-18(26(17)20)14-4-6-16(22)7-5-14/h4-8,10,12,15H,9,11,13H2,1-3H3/t15-/m1/s1. The fraction of sp³-hybridized carbons (Fsp3) is 0.381. The van der Waals surface area contributed by atoms with Gasteiger partial charge in [0.25, 0.3) is 0 Å². The third-order valence-electron chi connectivity index (χ3n) is 5.11. The summed E-state index contributed by atoms with van der Waals surface area (Å²) in [5, 5.41) is 0. The Morgan fingerprint density at radius 2 is 1.89 bits per heavy atom. The highest BCUT2D eigenvalue weighted by atomic mass is 19.1. The van der Waals surface area contributed by atoms with Gasteiger partial charge in [-0.15, -0.1) is 0 Å². The zero-order valence-electron chi connectivity index (χ0n) is 15.8. The lowest BCUT2D eigenvalue weighted by atomic mass is 9.95. The van der Waals surface area contributed by atoms with Crippen molar-refractivity contribution in [2.45, 2.75) is 33.1 Å². The molecule has 4 rings (SSSR count). The molecule has 2 aromatic heterocycles. The van der Waals surface area contributed by atoms with Gasteiger partial charge in [-0.05, 0) is 36.8 Å². The van der Waals surface area contributed by atoms with Crippen LogP contribution in [0, 0.1) is 11.2 Å². The van der Waals surface area contributed by atoms with E-state index in [1.165, 1.54) is 12.1 Å². The van der Waals surface area contributed by atoms with Crippen molar-refractivity contribution < 1.29 is 9.18 Å². The maximum atomic E-state index is 13.3. The van der Waals surface area contributed by atoms with Crippen LogP contribution >= 0.6 is 0 Å². The number of aromatic nitrogens is 3. The summed E-state index contributed by atoms with van der Waals surface area (Å²) in [4.78, 5) is 23.4. The van der Waals surface area contributed by atoms with Gasteiger partial charge in [0, 0.05) is 41.9 Å². The second-order valence-electron chi connectivity index (χ2n) is 8.14. The number of carbonyl (C=O) groups is 1. The van der Waals surface area contributed by atoms with Crippen molar-refractivity contribution in [1.82, 2.24) is 19.3 Å². The molecule has 0 bridgehead atoms. The molecule has 3 heterocycles. The summed E-state index contributed by atoms with van der Waals surface area (Å²) in [6, 6.07) is 8.39. The van der Waals surface area contributed by atoms with E-state index >= 15 is 0 Å². The van der Waals surface area contributed by atoms with Crippen LogP contribution in [0.2, 0.25) is 0 Å². The average Bonchev–Trinajstić information content (AvgIpc) is 3.28. The van der Waals surface area contributed by atoms with E-state index in [2.05, 4.69) is 9.97 Å². The first-order chi connectivity index (χ1) is 12.8. The topological polar surface area (TPSA) is 50.5 Å². The Hall–Kier alpha value is -2.76. The van der Waals surface area contributed by atoms with Crippen molar-refractivity contribution in [3.8, 4) is 11.3 Å². The molecule has 1 aliphatic heterocycles. The largest absolute Gasteiger partial charge is 0.342 e. The Morgan fingerprint density at radius 3 is 2.59 bits per heavy atom. The first-order valence-electron chi connectivity index (χ1n) is 9.22.